The van der Waals surface area contributed by atoms with Crippen molar-refractivity contribution in [2.75, 3.05) is 31.7 Å². The number of hydrogen-bond donors (Lipinski definition) is 1. The Kier molecular flexibility index (Phi) is 13.0. The van der Waals surface area contributed by atoms with Crippen LogP contribution in [0.3, 0.4) is 0 Å². The molecular weight excluding hydrogens is 616 g/mol. The number of nitrogens with zero attached hydrogens (tertiary/aromatic N) is 1. The molecule has 0 radical (unpaired) electrons. The molecule has 1 N–H and O–H groups in total. The molecule has 1 spiro atoms. The lowest BCUT2D eigenvalue weighted by atomic mass is 9.68. The number of rotatable bonds is 9. The van der Waals surface area contributed by atoms with Crippen molar-refractivity contribution in [3.63, 3.8) is 0 Å². The number of nitrogens with one attached hydrogen (secondary N) is 1. The highest BCUT2D eigenvalue weighted by Gasteiger charge is 2.44. The Morgan fingerprint density at radius 3 is 2.61 bits per heavy atom. The molecule has 1 saturated carbocycles. The fraction of sp³-hybridized carbons (Fsp3) is 0.553. The van der Waals surface area contributed by atoms with Crippen LogP contribution in [0.4, 0.5) is 5.69 Å². The van der Waals surface area contributed by atoms with Gasteiger partial charge in [-0.25, -0.2) is 4.21 Å². The van der Waals surface area contributed by atoms with E-state index >= 15 is 0 Å². The van der Waals surface area contributed by atoms with Gasteiger partial charge in [0.25, 0.3) is 5.91 Å². The minimum atomic E-state index is -1.44. The molecule has 0 aromatic heterocycles. The summed E-state index contributed by atoms with van der Waals surface area (Å²) < 4.78 is 27.6. The fourth-order valence-electron chi connectivity index (χ4n) is 6.73. The van der Waals surface area contributed by atoms with Gasteiger partial charge in [0, 0.05) is 41.5 Å². The van der Waals surface area contributed by atoms with E-state index in [4.69, 9.17) is 21.1 Å². The highest BCUT2D eigenvalue weighted by molar-refractivity contribution is 7.84. The molecule has 0 bridgehead atoms. The summed E-state index contributed by atoms with van der Waals surface area (Å²) in [5, 5.41) is 0.610. The second kappa shape index (κ2) is 16.5. The maximum atomic E-state index is 13.1. The number of amides is 1. The van der Waals surface area contributed by atoms with Crippen LogP contribution in [0.1, 0.15) is 95.1 Å². The van der Waals surface area contributed by atoms with E-state index in [1.807, 2.05) is 39.0 Å². The zero-order chi connectivity index (χ0) is 33.4. The van der Waals surface area contributed by atoms with Crippen LogP contribution in [0.25, 0.3) is 0 Å². The number of hydrogen-bond acceptors (Lipinski definition) is 5. The van der Waals surface area contributed by atoms with Gasteiger partial charge in [-0.15, -0.1) is 0 Å². The van der Waals surface area contributed by atoms with Crippen LogP contribution in [0.15, 0.2) is 60.2 Å². The number of aryl methyl sites for hydroxylation is 1. The summed E-state index contributed by atoms with van der Waals surface area (Å²) in [4.78, 5) is 15.6. The third kappa shape index (κ3) is 8.64. The Morgan fingerprint density at radius 1 is 1.22 bits per heavy atom. The van der Waals surface area contributed by atoms with Crippen molar-refractivity contribution in [1.29, 1.82) is 0 Å². The number of methoxy groups -OCH3 is 1. The van der Waals surface area contributed by atoms with E-state index in [-0.39, 0.29) is 22.7 Å². The number of carbonyl (C=O) groups is 1. The Hall–Kier alpha value is -2.61. The van der Waals surface area contributed by atoms with Gasteiger partial charge in [-0.05, 0) is 126 Å². The first-order chi connectivity index (χ1) is 22.0. The first kappa shape index (κ1) is 36.2. The quantitative estimate of drug-likeness (QED) is 0.271. The lowest BCUT2D eigenvalue weighted by Gasteiger charge is -2.46. The van der Waals surface area contributed by atoms with E-state index < -0.39 is 11.0 Å². The van der Waals surface area contributed by atoms with Gasteiger partial charge in [-0.3, -0.25) is 9.52 Å². The average Bonchev–Trinajstić information content (AvgIpc) is 3.18. The normalized spacial score (nSPS) is 23.2. The molecule has 1 aliphatic heterocycles. The van der Waals surface area contributed by atoms with E-state index in [1.54, 1.807) is 13.2 Å². The minimum Gasteiger partial charge on any atom is -0.490 e. The molecule has 1 amide bonds. The molecule has 1 heterocycles. The molecule has 2 aromatic carbocycles. The van der Waals surface area contributed by atoms with Gasteiger partial charge in [0.2, 0.25) is 0 Å². The van der Waals surface area contributed by atoms with Crippen LogP contribution in [0.2, 0.25) is 5.02 Å². The van der Waals surface area contributed by atoms with Crippen molar-refractivity contribution in [2.45, 2.75) is 96.8 Å². The summed E-state index contributed by atoms with van der Waals surface area (Å²) in [6.45, 7) is 14.2. The molecule has 5 atom stereocenters. The molecule has 46 heavy (non-hydrogen) atoms. The monoisotopic (exact) mass is 668 g/mol. The molecule has 4 unspecified atom stereocenters. The van der Waals surface area contributed by atoms with E-state index in [0.29, 0.717) is 24.0 Å². The molecule has 1 fully saturated rings. The van der Waals surface area contributed by atoms with Crippen LogP contribution >= 0.6 is 11.6 Å². The van der Waals surface area contributed by atoms with E-state index in [2.05, 4.69) is 60.8 Å². The zero-order valence-electron chi connectivity index (χ0n) is 28.7. The minimum absolute atomic E-state index is 0.103. The van der Waals surface area contributed by atoms with E-state index in [9.17, 15) is 9.00 Å². The van der Waals surface area contributed by atoms with E-state index in [1.165, 1.54) is 16.7 Å². The van der Waals surface area contributed by atoms with Gasteiger partial charge in [-0.1, -0.05) is 48.4 Å². The topological polar surface area (TPSA) is 67.9 Å². The van der Waals surface area contributed by atoms with Gasteiger partial charge in [-0.2, -0.15) is 0 Å². The van der Waals surface area contributed by atoms with Crippen molar-refractivity contribution in [3.8, 4) is 5.75 Å². The van der Waals surface area contributed by atoms with Crippen LogP contribution in [0.5, 0.6) is 5.75 Å². The molecule has 6 nitrogen and oxygen atoms in total. The predicted molar refractivity (Wildman–Crippen MR) is 193 cm³/mol. The van der Waals surface area contributed by atoms with Gasteiger partial charge in [0.05, 0.1) is 18.4 Å². The van der Waals surface area contributed by atoms with Crippen LogP contribution < -0.4 is 14.4 Å². The van der Waals surface area contributed by atoms with Crippen molar-refractivity contribution >= 4 is 34.2 Å². The van der Waals surface area contributed by atoms with Crippen LogP contribution in [-0.2, 0) is 27.6 Å². The molecule has 252 valence electrons. The maximum Gasteiger partial charge on any atom is 0.263 e. The number of benzene rings is 2. The molecular formula is C38H53ClN2O4S. The maximum absolute atomic E-state index is 13.1. The van der Waals surface area contributed by atoms with E-state index in [0.717, 1.165) is 68.1 Å². The van der Waals surface area contributed by atoms with Crippen LogP contribution in [-0.4, -0.2) is 48.3 Å². The first-order valence-corrected chi connectivity index (χ1v) is 18.4. The van der Waals surface area contributed by atoms with Gasteiger partial charge in [0.15, 0.2) is 0 Å². The third-order valence-corrected chi connectivity index (χ3v) is 11.2. The van der Waals surface area contributed by atoms with Crippen molar-refractivity contribution in [1.82, 2.24) is 4.72 Å². The summed E-state index contributed by atoms with van der Waals surface area (Å²) in [7, 11) is 0.363. The second-order valence-corrected chi connectivity index (χ2v) is 15.6. The molecule has 2 aliphatic carbocycles. The highest BCUT2D eigenvalue weighted by atomic mass is 35.5. The first-order valence-electron chi connectivity index (χ1n) is 16.8. The Morgan fingerprint density at radius 2 is 1.98 bits per heavy atom. The van der Waals surface area contributed by atoms with Gasteiger partial charge < -0.3 is 14.4 Å². The molecule has 8 heteroatoms. The second-order valence-electron chi connectivity index (χ2n) is 13.5. The summed E-state index contributed by atoms with van der Waals surface area (Å²) >= 11 is 6.41. The summed E-state index contributed by atoms with van der Waals surface area (Å²) in [5.41, 5.74) is 5.24. The Bertz CT molecular complexity index is 1440. The van der Waals surface area contributed by atoms with Crippen molar-refractivity contribution < 1.29 is 18.5 Å². The van der Waals surface area contributed by atoms with Gasteiger partial charge in [0.1, 0.15) is 16.7 Å². The highest BCUT2D eigenvalue weighted by Crippen LogP contribution is 2.47. The number of allylic oxidation sites excluding steroid dienone is 3. The number of halogens is 1. The number of carbonyl (C=O) groups excluding carboxylic acids is 1. The molecule has 3 aliphatic rings. The van der Waals surface area contributed by atoms with Crippen LogP contribution in [0, 0.1) is 11.8 Å². The summed E-state index contributed by atoms with van der Waals surface area (Å²) in [5.74, 6) is 1.36. The molecule has 0 saturated heterocycles. The number of ether oxygens (including phenoxy) is 2. The summed E-state index contributed by atoms with van der Waals surface area (Å²) in [6, 6.07) is 11.9. The lowest BCUT2D eigenvalue weighted by Crippen LogP contribution is -2.49. The number of fused-ring (bicyclic) bond motifs is 3. The fourth-order valence-corrected chi connectivity index (χ4v) is 7.46. The molecule has 5 rings (SSSR count). The predicted octanol–water partition coefficient (Wildman–Crippen LogP) is 8.59. The Balaban J connectivity index is 0.000000892. The third-order valence-electron chi connectivity index (χ3n) is 9.68. The average molecular weight is 669 g/mol. The zero-order valence-corrected chi connectivity index (χ0v) is 30.3. The lowest BCUT2D eigenvalue weighted by molar-refractivity contribution is 0.0132. The number of anilines is 1. The summed E-state index contributed by atoms with van der Waals surface area (Å²) in [6.07, 6.45) is 13.0. The largest absolute Gasteiger partial charge is 0.490 e. The molecule has 2 aromatic rings. The standard InChI is InChI=1S/C33H43ClN2O4S.C5H10/c1-5-6-9-30(39-4)27-13-10-25(27)19-36-20-33(16-7-8-23-17-26(34)12-14-28(23)33)21-40-31-15-11-24(18-29(31)36)32(37)35-41(38)22(2)3;1-4-5(2)3/h6,9,11-12,14-15,17-18,22,25,27,30H,5,7-8,10,13,16,19-21H2,1-4H3,(H,35,37);4H,1-3H3/b9-6+;/t25?,27?,30?,33-,41?;/m0./s1. The van der Waals surface area contributed by atoms with Crippen molar-refractivity contribution in [2.24, 2.45) is 11.8 Å². The SMILES string of the molecule is CC/C=C/C(OC)C1CCC1CN1C[C@@]2(CCCc3cc(Cl)ccc32)COc2ccc(C(=O)NS(=O)C(C)C)cc21.CC=C(C)C. The smallest absolute Gasteiger partial charge is 0.263 e. The van der Waals surface area contributed by atoms with Gasteiger partial charge >= 0.3 is 0 Å². The Labute approximate surface area is 284 Å². The van der Waals surface area contributed by atoms with Crippen molar-refractivity contribution in [3.05, 3.63) is 81.9 Å².